The molecule has 0 fully saturated rings. The van der Waals surface area contributed by atoms with Gasteiger partial charge in [0, 0.05) is 18.2 Å². The standard InChI is InChI=1S/C22H24ClN7O2/c1-22(2,3)15-7-5-14(6-8-15)19-27-17-11-18(31)29-30(17)21(28-19)24-9-4-10-32-16-12-25-20(23)26-13-16/h5-8,11-13H,4,9-10H2,1-3H3,(H,29,31)(H,24,27,28). The first-order valence-corrected chi connectivity index (χ1v) is 10.6. The van der Waals surface area contributed by atoms with Crippen LogP contribution in [0.3, 0.4) is 0 Å². The van der Waals surface area contributed by atoms with Gasteiger partial charge in [-0.05, 0) is 29.0 Å². The summed E-state index contributed by atoms with van der Waals surface area (Å²) in [5.41, 5.74) is 2.42. The first-order valence-electron chi connectivity index (χ1n) is 10.2. The normalized spacial score (nSPS) is 11.6. The molecule has 3 aromatic heterocycles. The largest absolute Gasteiger partial charge is 0.490 e. The highest BCUT2D eigenvalue weighted by Crippen LogP contribution is 2.25. The highest BCUT2D eigenvalue weighted by molar-refractivity contribution is 6.28. The summed E-state index contributed by atoms with van der Waals surface area (Å²) < 4.78 is 7.15. The van der Waals surface area contributed by atoms with Gasteiger partial charge in [-0.3, -0.25) is 9.89 Å². The van der Waals surface area contributed by atoms with Crippen molar-refractivity contribution in [3.8, 4) is 17.1 Å². The van der Waals surface area contributed by atoms with E-state index in [1.807, 2.05) is 12.1 Å². The molecule has 0 amide bonds. The summed E-state index contributed by atoms with van der Waals surface area (Å²) >= 11 is 5.67. The Labute approximate surface area is 189 Å². The third kappa shape index (κ3) is 5.05. The fourth-order valence-corrected chi connectivity index (χ4v) is 3.21. The lowest BCUT2D eigenvalue weighted by Gasteiger charge is -2.19. The number of H-pyrrole nitrogens is 1. The minimum absolute atomic E-state index is 0.0597. The Morgan fingerprint density at radius 1 is 1.12 bits per heavy atom. The van der Waals surface area contributed by atoms with Gasteiger partial charge in [0.05, 0.1) is 19.0 Å². The van der Waals surface area contributed by atoms with Crippen molar-refractivity contribution in [1.82, 2.24) is 29.5 Å². The second-order valence-electron chi connectivity index (χ2n) is 8.33. The van der Waals surface area contributed by atoms with Crippen molar-refractivity contribution in [1.29, 1.82) is 0 Å². The second kappa shape index (κ2) is 8.96. The number of nitrogens with zero attached hydrogens (tertiary/aromatic N) is 5. The van der Waals surface area contributed by atoms with Crippen molar-refractivity contribution in [2.24, 2.45) is 0 Å². The number of anilines is 1. The number of hydrogen-bond acceptors (Lipinski definition) is 7. The summed E-state index contributed by atoms with van der Waals surface area (Å²) in [5, 5.41) is 6.15. The number of fused-ring (bicyclic) bond motifs is 1. The van der Waals surface area contributed by atoms with Crippen LogP contribution in [-0.2, 0) is 5.41 Å². The number of nitrogens with one attached hydrogen (secondary N) is 2. The molecule has 0 spiro atoms. The third-order valence-electron chi connectivity index (χ3n) is 4.83. The van der Waals surface area contributed by atoms with Crippen molar-refractivity contribution in [3.05, 3.63) is 63.9 Å². The predicted molar refractivity (Wildman–Crippen MR) is 123 cm³/mol. The number of ether oxygens (including phenoxy) is 1. The summed E-state index contributed by atoms with van der Waals surface area (Å²) in [6, 6.07) is 9.61. The predicted octanol–water partition coefficient (Wildman–Crippen LogP) is 3.71. The van der Waals surface area contributed by atoms with Crippen LogP contribution in [0.1, 0.15) is 32.8 Å². The van der Waals surface area contributed by atoms with Crippen LogP contribution in [0.4, 0.5) is 5.95 Å². The molecule has 32 heavy (non-hydrogen) atoms. The molecule has 0 atom stereocenters. The summed E-state index contributed by atoms with van der Waals surface area (Å²) in [5.74, 6) is 1.60. The monoisotopic (exact) mass is 453 g/mol. The van der Waals surface area contributed by atoms with Crippen LogP contribution >= 0.6 is 11.6 Å². The number of aromatic amines is 1. The molecular formula is C22H24ClN7O2. The van der Waals surface area contributed by atoms with Gasteiger partial charge in [-0.2, -0.15) is 4.98 Å². The molecule has 166 valence electrons. The van der Waals surface area contributed by atoms with E-state index in [2.05, 4.69) is 63.3 Å². The molecule has 0 saturated heterocycles. The van der Waals surface area contributed by atoms with Crippen LogP contribution in [0.5, 0.6) is 5.75 Å². The Morgan fingerprint density at radius 2 is 1.84 bits per heavy atom. The van der Waals surface area contributed by atoms with E-state index in [-0.39, 0.29) is 16.3 Å². The molecule has 1 aromatic carbocycles. The van der Waals surface area contributed by atoms with Gasteiger partial charge in [-0.15, -0.1) is 0 Å². The quantitative estimate of drug-likeness (QED) is 0.324. The number of hydrogen-bond donors (Lipinski definition) is 2. The lowest BCUT2D eigenvalue weighted by molar-refractivity contribution is 0.312. The summed E-state index contributed by atoms with van der Waals surface area (Å²) in [6.45, 7) is 7.53. The minimum Gasteiger partial charge on any atom is -0.490 e. The average Bonchev–Trinajstić information content (AvgIpc) is 3.14. The van der Waals surface area contributed by atoms with Gasteiger partial charge in [-0.1, -0.05) is 45.0 Å². The molecule has 0 aliphatic carbocycles. The van der Waals surface area contributed by atoms with Crippen LogP contribution in [0.25, 0.3) is 17.0 Å². The van der Waals surface area contributed by atoms with Gasteiger partial charge in [0.1, 0.15) is 0 Å². The van der Waals surface area contributed by atoms with E-state index in [1.165, 1.54) is 24.0 Å². The minimum atomic E-state index is -0.242. The number of benzene rings is 1. The molecule has 10 heteroatoms. The first kappa shape index (κ1) is 21.8. The molecule has 0 saturated carbocycles. The zero-order valence-corrected chi connectivity index (χ0v) is 18.8. The number of halogens is 1. The maximum absolute atomic E-state index is 11.9. The van der Waals surface area contributed by atoms with Gasteiger partial charge >= 0.3 is 0 Å². The zero-order valence-electron chi connectivity index (χ0n) is 18.1. The molecule has 0 aliphatic heterocycles. The zero-order chi connectivity index (χ0) is 22.7. The van der Waals surface area contributed by atoms with Crippen molar-refractivity contribution in [3.63, 3.8) is 0 Å². The number of aromatic nitrogens is 6. The van der Waals surface area contributed by atoms with Crippen molar-refractivity contribution >= 4 is 23.2 Å². The molecule has 0 aliphatic rings. The second-order valence-corrected chi connectivity index (χ2v) is 8.67. The Kier molecular flexibility index (Phi) is 6.09. The average molecular weight is 454 g/mol. The summed E-state index contributed by atoms with van der Waals surface area (Å²) in [4.78, 5) is 28.8. The highest BCUT2D eigenvalue weighted by atomic mass is 35.5. The molecule has 4 rings (SSSR count). The van der Waals surface area contributed by atoms with E-state index < -0.39 is 0 Å². The molecular weight excluding hydrogens is 430 g/mol. The SMILES string of the molecule is CC(C)(C)c1ccc(-c2nc(NCCCOc3cnc(Cl)nc3)n3[nH]c(=O)cc3n2)cc1. The molecule has 2 N–H and O–H groups in total. The highest BCUT2D eigenvalue weighted by Gasteiger charge is 2.15. The molecule has 4 aromatic rings. The van der Waals surface area contributed by atoms with Crippen LogP contribution in [0.15, 0.2) is 47.5 Å². The summed E-state index contributed by atoms with van der Waals surface area (Å²) in [7, 11) is 0. The maximum atomic E-state index is 11.9. The van der Waals surface area contributed by atoms with E-state index in [1.54, 1.807) is 4.52 Å². The van der Waals surface area contributed by atoms with Gasteiger partial charge < -0.3 is 10.1 Å². The van der Waals surface area contributed by atoms with Crippen molar-refractivity contribution in [2.75, 3.05) is 18.5 Å². The smallest absolute Gasteiger partial charge is 0.266 e. The van der Waals surface area contributed by atoms with Crippen LogP contribution in [0.2, 0.25) is 5.28 Å². The Balaban J connectivity index is 1.48. The molecule has 3 heterocycles. The lowest BCUT2D eigenvalue weighted by atomic mass is 9.87. The fraction of sp³-hybridized carbons (Fsp3) is 0.318. The molecule has 0 unspecified atom stereocenters. The van der Waals surface area contributed by atoms with E-state index in [0.29, 0.717) is 42.7 Å². The lowest BCUT2D eigenvalue weighted by Crippen LogP contribution is -2.14. The van der Waals surface area contributed by atoms with E-state index in [9.17, 15) is 4.79 Å². The Bertz CT molecular complexity index is 1260. The van der Waals surface area contributed by atoms with Gasteiger partial charge in [0.2, 0.25) is 11.2 Å². The number of rotatable bonds is 7. The molecule has 9 nitrogen and oxygen atoms in total. The van der Waals surface area contributed by atoms with Gasteiger partial charge in [-0.25, -0.2) is 19.5 Å². The topological polar surface area (TPSA) is 110 Å². The molecule has 0 radical (unpaired) electrons. The van der Waals surface area contributed by atoms with Gasteiger partial charge in [0.25, 0.3) is 5.56 Å². The third-order valence-corrected chi connectivity index (χ3v) is 5.03. The molecule has 0 bridgehead atoms. The fourth-order valence-electron chi connectivity index (χ4n) is 3.11. The maximum Gasteiger partial charge on any atom is 0.266 e. The Morgan fingerprint density at radius 3 is 2.53 bits per heavy atom. The van der Waals surface area contributed by atoms with Crippen LogP contribution < -0.4 is 15.6 Å². The van der Waals surface area contributed by atoms with E-state index in [0.717, 1.165) is 5.56 Å². The summed E-state index contributed by atoms with van der Waals surface area (Å²) in [6.07, 6.45) is 3.74. The van der Waals surface area contributed by atoms with Crippen LogP contribution in [-0.4, -0.2) is 42.7 Å². The van der Waals surface area contributed by atoms with Crippen molar-refractivity contribution < 1.29 is 4.74 Å². The first-order chi connectivity index (χ1) is 15.3. The van der Waals surface area contributed by atoms with E-state index in [4.69, 9.17) is 16.3 Å². The van der Waals surface area contributed by atoms with Crippen LogP contribution in [0, 0.1) is 0 Å². The van der Waals surface area contributed by atoms with E-state index >= 15 is 0 Å². The Hall–Kier alpha value is -3.46. The van der Waals surface area contributed by atoms with Crippen molar-refractivity contribution in [2.45, 2.75) is 32.6 Å². The van der Waals surface area contributed by atoms with Gasteiger partial charge in [0.15, 0.2) is 17.2 Å².